The lowest BCUT2D eigenvalue weighted by Crippen LogP contribution is -2.52. The van der Waals surface area contributed by atoms with Crippen molar-refractivity contribution in [2.75, 3.05) is 32.6 Å². The normalized spacial score (nSPS) is 21.2. The van der Waals surface area contributed by atoms with E-state index in [2.05, 4.69) is 29.4 Å². The molecule has 0 bridgehead atoms. The number of amides is 2. The number of anilines is 1. The fraction of sp³-hybridized carbons (Fsp3) is 0.381. The van der Waals surface area contributed by atoms with Gasteiger partial charge in [0.1, 0.15) is 5.75 Å². The molecular formula is C21H25N3O2. The molecule has 2 amide bonds. The average Bonchev–Trinajstić information content (AvgIpc) is 2.68. The number of carbonyl (C=O) groups is 1. The summed E-state index contributed by atoms with van der Waals surface area (Å²) in [4.78, 5) is 17.4. The number of para-hydroxylation sites is 1. The number of nitrogens with zero attached hydrogens (tertiary/aromatic N) is 2. The fourth-order valence-corrected chi connectivity index (χ4v) is 4.10. The maximum atomic E-state index is 13.0. The van der Waals surface area contributed by atoms with Crippen molar-refractivity contribution < 1.29 is 9.53 Å². The van der Waals surface area contributed by atoms with Crippen LogP contribution in [0.5, 0.6) is 5.75 Å². The maximum Gasteiger partial charge on any atom is 0.322 e. The molecule has 2 aromatic carbocycles. The molecule has 5 nitrogen and oxygen atoms in total. The lowest BCUT2D eigenvalue weighted by Gasteiger charge is -2.45. The second-order valence-electron chi connectivity index (χ2n) is 7.14. The third-order valence-electron chi connectivity index (χ3n) is 5.50. The molecule has 1 atom stereocenters. The molecule has 0 aliphatic carbocycles. The van der Waals surface area contributed by atoms with E-state index in [-0.39, 0.29) is 18.1 Å². The Hall–Kier alpha value is -2.53. The van der Waals surface area contributed by atoms with E-state index in [1.165, 1.54) is 0 Å². The van der Waals surface area contributed by atoms with Gasteiger partial charge in [0.05, 0.1) is 13.2 Å². The van der Waals surface area contributed by atoms with Crippen LogP contribution in [-0.4, -0.2) is 49.1 Å². The van der Waals surface area contributed by atoms with Crippen molar-refractivity contribution in [3.8, 4) is 5.75 Å². The smallest absolute Gasteiger partial charge is 0.322 e. The van der Waals surface area contributed by atoms with Crippen LogP contribution in [0.15, 0.2) is 48.5 Å². The van der Waals surface area contributed by atoms with Crippen LogP contribution < -0.4 is 10.1 Å². The van der Waals surface area contributed by atoms with Crippen molar-refractivity contribution in [2.45, 2.75) is 24.9 Å². The molecule has 2 aliphatic heterocycles. The van der Waals surface area contributed by atoms with Crippen molar-refractivity contribution in [3.63, 3.8) is 0 Å². The summed E-state index contributed by atoms with van der Waals surface area (Å²) in [6.45, 7) is 2.03. The number of rotatable bonds is 3. The fourth-order valence-electron chi connectivity index (χ4n) is 4.10. The molecule has 26 heavy (non-hydrogen) atoms. The number of hydrogen-bond donors (Lipinski definition) is 1. The zero-order valence-electron chi connectivity index (χ0n) is 15.3. The van der Waals surface area contributed by atoms with Crippen molar-refractivity contribution in [1.82, 2.24) is 9.80 Å². The molecule has 2 heterocycles. The van der Waals surface area contributed by atoms with Crippen LogP contribution in [0.2, 0.25) is 0 Å². The van der Waals surface area contributed by atoms with E-state index in [0.29, 0.717) is 0 Å². The highest BCUT2D eigenvalue weighted by atomic mass is 16.5. The monoisotopic (exact) mass is 351 g/mol. The summed E-state index contributed by atoms with van der Waals surface area (Å²) < 4.78 is 5.43. The first-order valence-electron chi connectivity index (χ1n) is 9.18. The predicted octanol–water partition coefficient (Wildman–Crippen LogP) is 3.73. The number of fused-ring (bicyclic) bond motifs is 1. The topological polar surface area (TPSA) is 44.8 Å². The SMILES string of the molecule is COc1cccc(C2c3ccccc3NC(=O)N2C2CCN(C)CC2)c1. The third kappa shape index (κ3) is 3.03. The van der Waals surface area contributed by atoms with Gasteiger partial charge < -0.3 is 19.9 Å². The third-order valence-corrected chi connectivity index (χ3v) is 5.50. The summed E-state index contributed by atoms with van der Waals surface area (Å²) in [6, 6.07) is 16.3. The quantitative estimate of drug-likeness (QED) is 0.916. The zero-order valence-corrected chi connectivity index (χ0v) is 15.3. The first-order chi connectivity index (χ1) is 12.7. The van der Waals surface area contributed by atoms with E-state index in [4.69, 9.17) is 4.74 Å². The van der Waals surface area contributed by atoms with Crippen molar-refractivity contribution in [2.24, 2.45) is 0 Å². The molecule has 0 spiro atoms. The maximum absolute atomic E-state index is 13.0. The lowest BCUT2D eigenvalue weighted by molar-refractivity contribution is 0.119. The molecule has 2 aliphatic rings. The average molecular weight is 351 g/mol. The molecule has 1 fully saturated rings. The van der Waals surface area contributed by atoms with Crippen LogP contribution in [0, 0.1) is 0 Å². The summed E-state index contributed by atoms with van der Waals surface area (Å²) in [5.41, 5.74) is 3.12. The van der Waals surface area contributed by atoms with Crippen LogP contribution in [0.4, 0.5) is 10.5 Å². The van der Waals surface area contributed by atoms with E-state index in [1.807, 2.05) is 41.3 Å². The van der Waals surface area contributed by atoms with Crippen molar-refractivity contribution in [3.05, 3.63) is 59.7 Å². The number of likely N-dealkylation sites (tertiary alicyclic amines) is 1. The Balaban J connectivity index is 1.79. The van der Waals surface area contributed by atoms with Crippen LogP contribution in [-0.2, 0) is 0 Å². The summed E-state index contributed by atoms with van der Waals surface area (Å²) in [5.74, 6) is 0.814. The summed E-state index contributed by atoms with van der Waals surface area (Å²) in [6.07, 6.45) is 1.99. The molecule has 5 heteroatoms. The standard InChI is InChI=1S/C21H25N3O2/c1-23-12-10-16(11-13-23)24-20(15-6-5-7-17(14-15)26-2)18-8-3-4-9-19(18)22-21(24)25/h3-9,14,16,20H,10-13H2,1-2H3,(H,22,25). The Morgan fingerprint density at radius 3 is 2.62 bits per heavy atom. The highest BCUT2D eigenvalue weighted by molar-refractivity contribution is 5.94. The van der Waals surface area contributed by atoms with Gasteiger partial charge in [-0.2, -0.15) is 0 Å². The van der Waals surface area contributed by atoms with Crippen LogP contribution in [0.3, 0.4) is 0 Å². The summed E-state index contributed by atoms with van der Waals surface area (Å²) >= 11 is 0. The Labute approximate surface area is 154 Å². The molecule has 4 rings (SSSR count). The first kappa shape index (κ1) is 16.9. The molecule has 1 unspecified atom stereocenters. The Bertz CT molecular complexity index is 799. The summed E-state index contributed by atoms with van der Waals surface area (Å²) in [5, 5.41) is 3.09. The van der Waals surface area contributed by atoms with E-state index >= 15 is 0 Å². The number of hydrogen-bond acceptors (Lipinski definition) is 3. The minimum absolute atomic E-state index is 0.00827. The number of ether oxygens (including phenoxy) is 1. The molecule has 0 aromatic heterocycles. The van der Waals surface area contributed by atoms with Crippen molar-refractivity contribution in [1.29, 1.82) is 0 Å². The Morgan fingerprint density at radius 1 is 1.08 bits per heavy atom. The van der Waals surface area contributed by atoms with E-state index in [9.17, 15) is 4.79 Å². The minimum atomic E-state index is -0.0940. The minimum Gasteiger partial charge on any atom is -0.497 e. The number of carbonyl (C=O) groups excluding carboxylic acids is 1. The summed E-state index contributed by atoms with van der Waals surface area (Å²) in [7, 11) is 3.82. The first-order valence-corrected chi connectivity index (χ1v) is 9.18. The zero-order chi connectivity index (χ0) is 18.1. The molecular weight excluding hydrogens is 326 g/mol. The van der Waals surface area contributed by atoms with E-state index in [0.717, 1.165) is 48.5 Å². The predicted molar refractivity (Wildman–Crippen MR) is 103 cm³/mol. The molecule has 136 valence electrons. The van der Waals surface area contributed by atoms with Crippen LogP contribution in [0.25, 0.3) is 0 Å². The van der Waals surface area contributed by atoms with Gasteiger partial charge in [-0.05, 0) is 56.7 Å². The van der Waals surface area contributed by atoms with Gasteiger partial charge in [0.15, 0.2) is 0 Å². The number of benzene rings is 2. The number of urea groups is 1. The van der Waals surface area contributed by atoms with Gasteiger partial charge in [-0.1, -0.05) is 30.3 Å². The van der Waals surface area contributed by atoms with Crippen LogP contribution in [0.1, 0.15) is 30.0 Å². The molecule has 2 aromatic rings. The van der Waals surface area contributed by atoms with E-state index < -0.39 is 0 Å². The molecule has 0 radical (unpaired) electrons. The highest BCUT2D eigenvalue weighted by Crippen LogP contribution is 2.41. The highest BCUT2D eigenvalue weighted by Gasteiger charge is 2.38. The van der Waals surface area contributed by atoms with Gasteiger partial charge >= 0.3 is 6.03 Å². The van der Waals surface area contributed by atoms with Gasteiger partial charge in [0.25, 0.3) is 0 Å². The molecule has 1 saturated heterocycles. The second-order valence-corrected chi connectivity index (χ2v) is 7.14. The van der Waals surface area contributed by atoms with Gasteiger partial charge in [0, 0.05) is 17.3 Å². The molecule has 0 saturated carbocycles. The second kappa shape index (κ2) is 7.00. The van der Waals surface area contributed by atoms with Crippen LogP contribution >= 0.6 is 0 Å². The van der Waals surface area contributed by atoms with Gasteiger partial charge in [-0.3, -0.25) is 0 Å². The van der Waals surface area contributed by atoms with Gasteiger partial charge in [-0.15, -0.1) is 0 Å². The van der Waals surface area contributed by atoms with E-state index in [1.54, 1.807) is 7.11 Å². The number of methoxy groups -OCH3 is 1. The molecule has 1 N–H and O–H groups in total. The largest absolute Gasteiger partial charge is 0.497 e. The number of nitrogens with one attached hydrogen (secondary N) is 1. The number of piperidine rings is 1. The Kier molecular flexibility index (Phi) is 4.55. The van der Waals surface area contributed by atoms with Crippen molar-refractivity contribution >= 4 is 11.7 Å². The Morgan fingerprint density at radius 2 is 1.85 bits per heavy atom. The van der Waals surface area contributed by atoms with Gasteiger partial charge in [-0.25, -0.2) is 4.79 Å². The lowest BCUT2D eigenvalue weighted by atomic mass is 9.90. The van der Waals surface area contributed by atoms with Gasteiger partial charge in [0.2, 0.25) is 0 Å².